The van der Waals surface area contributed by atoms with Crippen LogP contribution in [-0.2, 0) is 10.0 Å². The van der Waals surface area contributed by atoms with Gasteiger partial charge in [0.05, 0.1) is 6.10 Å². The molecule has 0 amide bonds. The first kappa shape index (κ1) is 13.4. The molecule has 1 saturated heterocycles. The van der Waals surface area contributed by atoms with Crippen LogP contribution in [0.3, 0.4) is 0 Å². The number of sulfonamides is 1. The molecule has 0 saturated carbocycles. The summed E-state index contributed by atoms with van der Waals surface area (Å²) in [4.78, 5) is 3.86. The van der Waals surface area contributed by atoms with E-state index in [0.717, 1.165) is 0 Å². The minimum atomic E-state index is -3.64. The third-order valence-corrected chi connectivity index (χ3v) is 4.85. The Hall–Kier alpha value is -1.02. The second-order valence-corrected chi connectivity index (χ2v) is 6.29. The van der Waals surface area contributed by atoms with Crippen molar-refractivity contribution < 1.29 is 13.5 Å². The van der Waals surface area contributed by atoms with Gasteiger partial charge in [-0.2, -0.15) is 4.31 Å². The van der Waals surface area contributed by atoms with Crippen LogP contribution in [0.4, 0.5) is 0 Å². The fraction of sp³-hybridized carbons (Fsp3) is 0.545. The highest BCUT2D eigenvalue weighted by Gasteiger charge is 2.31. The summed E-state index contributed by atoms with van der Waals surface area (Å²) in [5.74, 6) is 0. The van der Waals surface area contributed by atoms with Crippen molar-refractivity contribution in [2.24, 2.45) is 5.73 Å². The lowest BCUT2D eigenvalue weighted by molar-refractivity contribution is 0.130. The number of aromatic nitrogens is 1. The topological polar surface area (TPSA) is 96.5 Å². The molecule has 100 valence electrons. The van der Waals surface area contributed by atoms with E-state index in [1.165, 1.54) is 16.6 Å². The quantitative estimate of drug-likeness (QED) is 0.759. The van der Waals surface area contributed by atoms with Gasteiger partial charge in [0.15, 0.2) is 5.03 Å². The Morgan fingerprint density at radius 3 is 2.89 bits per heavy atom. The highest BCUT2D eigenvalue weighted by atomic mass is 32.2. The Morgan fingerprint density at radius 2 is 2.22 bits per heavy atom. The van der Waals surface area contributed by atoms with Crippen molar-refractivity contribution in [2.75, 3.05) is 13.1 Å². The van der Waals surface area contributed by atoms with Crippen LogP contribution in [0.1, 0.15) is 12.8 Å². The van der Waals surface area contributed by atoms with Crippen LogP contribution >= 0.6 is 0 Å². The zero-order chi connectivity index (χ0) is 13.2. The first-order chi connectivity index (χ1) is 8.51. The SMILES string of the molecule is N[C@@H]1CCCN(S(=O)(=O)c2ccccn2)C[C@H]1O. The first-order valence-electron chi connectivity index (χ1n) is 5.86. The van der Waals surface area contributed by atoms with Gasteiger partial charge in [0.25, 0.3) is 10.0 Å². The minimum absolute atomic E-state index is 0.00710. The summed E-state index contributed by atoms with van der Waals surface area (Å²) in [6.45, 7) is 0.393. The average Bonchev–Trinajstić information content (AvgIpc) is 2.54. The first-order valence-corrected chi connectivity index (χ1v) is 7.30. The van der Waals surface area contributed by atoms with Gasteiger partial charge in [-0.05, 0) is 25.0 Å². The van der Waals surface area contributed by atoms with E-state index in [2.05, 4.69) is 4.98 Å². The highest BCUT2D eigenvalue weighted by Crippen LogP contribution is 2.18. The summed E-state index contributed by atoms with van der Waals surface area (Å²) in [5, 5.41) is 9.79. The van der Waals surface area contributed by atoms with Crippen LogP contribution in [0.15, 0.2) is 29.4 Å². The maximum Gasteiger partial charge on any atom is 0.260 e. The summed E-state index contributed by atoms with van der Waals surface area (Å²) in [6.07, 6.45) is 1.87. The van der Waals surface area contributed by atoms with Crippen molar-refractivity contribution in [2.45, 2.75) is 30.0 Å². The smallest absolute Gasteiger partial charge is 0.260 e. The van der Waals surface area contributed by atoms with Crippen LogP contribution in [0.2, 0.25) is 0 Å². The molecule has 1 fully saturated rings. The van der Waals surface area contributed by atoms with Gasteiger partial charge in [0, 0.05) is 25.3 Å². The molecule has 0 aromatic carbocycles. The molecule has 1 aliphatic heterocycles. The molecule has 2 atom stereocenters. The number of aliphatic hydroxyl groups is 1. The Morgan fingerprint density at radius 1 is 1.44 bits per heavy atom. The maximum absolute atomic E-state index is 12.3. The van der Waals surface area contributed by atoms with E-state index in [1.807, 2.05) is 0 Å². The molecule has 0 aliphatic carbocycles. The van der Waals surface area contributed by atoms with Crippen molar-refractivity contribution in [3.8, 4) is 0 Å². The molecular formula is C11H17N3O3S. The predicted octanol–water partition coefficient (Wildman–Crippen LogP) is -0.446. The Bertz CT molecular complexity index is 492. The lowest BCUT2D eigenvalue weighted by Gasteiger charge is -2.22. The Labute approximate surface area is 106 Å². The molecule has 1 aromatic rings. The summed E-state index contributed by atoms with van der Waals surface area (Å²) in [7, 11) is -3.64. The number of nitrogens with zero attached hydrogens (tertiary/aromatic N) is 2. The lowest BCUT2D eigenvalue weighted by atomic mass is 10.1. The van der Waals surface area contributed by atoms with Crippen LogP contribution in [-0.4, -0.2) is 48.0 Å². The molecular weight excluding hydrogens is 254 g/mol. The van der Waals surface area contributed by atoms with Crippen molar-refractivity contribution in [3.05, 3.63) is 24.4 Å². The zero-order valence-corrected chi connectivity index (χ0v) is 10.8. The van der Waals surface area contributed by atoms with Gasteiger partial charge in [-0.1, -0.05) is 6.07 Å². The van der Waals surface area contributed by atoms with Crippen LogP contribution in [0.25, 0.3) is 0 Å². The van der Waals surface area contributed by atoms with Crippen molar-refractivity contribution in [3.63, 3.8) is 0 Å². The van der Waals surface area contributed by atoms with Crippen molar-refractivity contribution in [1.82, 2.24) is 9.29 Å². The molecule has 1 aliphatic rings. The molecule has 2 heterocycles. The Kier molecular flexibility index (Phi) is 3.96. The van der Waals surface area contributed by atoms with Gasteiger partial charge >= 0.3 is 0 Å². The average molecular weight is 271 g/mol. The molecule has 6 nitrogen and oxygen atoms in total. The van der Waals surface area contributed by atoms with Gasteiger partial charge < -0.3 is 10.8 Å². The van der Waals surface area contributed by atoms with E-state index in [9.17, 15) is 13.5 Å². The number of aliphatic hydroxyl groups excluding tert-OH is 1. The van der Waals surface area contributed by atoms with Gasteiger partial charge in [-0.25, -0.2) is 13.4 Å². The molecule has 18 heavy (non-hydrogen) atoms. The van der Waals surface area contributed by atoms with Crippen LogP contribution in [0, 0.1) is 0 Å². The molecule has 0 spiro atoms. The second-order valence-electron chi connectivity index (χ2n) is 4.40. The molecule has 3 N–H and O–H groups in total. The number of rotatable bonds is 2. The summed E-state index contributed by atoms with van der Waals surface area (Å²) in [5.41, 5.74) is 5.74. The molecule has 1 aromatic heterocycles. The number of pyridine rings is 1. The minimum Gasteiger partial charge on any atom is -0.390 e. The molecule has 7 heteroatoms. The fourth-order valence-corrected chi connectivity index (χ4v) is 3.41. The zero-order valence-electron chi connectivity index (χ0n) is 9.94. The van der Waals surface area contributed by atoms with Crippen molar-refractivity contribution in [1.29, 1.82) is 0 Å². The van der Waals surface area contributed by atoms with Crippen molar-refractivity contribution >= 4 is 10.0 Å². The van der Waals surface area contributed by atoms with Gasteiger partial charge in [0.2, 0.25) is 0 Å². The third-order valence-electron chi connectivity index (χ3n) is 3.07. The van der Waals surface area contributed by atoms with E-state index in [0.29, 0.717) is 19.4 Å². The number of β-amino-alcohol motifs (C(OH)–C–C–N with tert-alkyl or cyclic N) is 1. The lowest BCUT2D eigenvalue weighted by Crippen LogP contribution is -2.42. The van der Waals surface area contributed by atoms with E-state index in [-0.39, 0.29) is 17.6 Å². The maximum atomic E-state index is 12.3. The standard InChI is InChI=1S/C11H17N3O3S/c12-9-4-3-7-14(8-10(9)15)18(16,17)11-5-1-2-6-13-11/h1-2,5-6,9-10,15H,3-4,7-8,12H2/t9-,10-/m1/s1. The molecule has 0 unspecified atom stereocenters. The summed E-state index contributed by atoms with van der Waals surface area (Å²) in [6, 6.07) is 4.37. The predicted molar refractivity (Wildman–Crippen MR) is 66.2 cm³/mol. The van der Waals surface area contributed by atoms with Gasteiger partial charge in [-0.3, -0.25) is 0 Å². The highest BCUT2D eigenvalue weighted by molar-refractivity contribution is 7.89. The van der Waals surface area contributed by atoms with E-state index in [1.54, 1.807) is 12.1 Å². The van der Waals surface area contributed by atoms with E-state index >= 15 is 0 Å². The van der Waals surface area contributed by atoms with Crippen LogP contribution in [0.5, 0.6) is 0 Å². The second kappa shape index (κ2) is 5.31. The molecule has 0 radical (unpaired) electrons. The summed E-state index contributed by atoms with van der Waals surface area (Å²) >= 11 is 0. The molecule has 0 bridgehead atoms. The van der Waals surface area contributed by atoms with Gasteiger partial charge in [0.1, 0.15) is 0 Å². The summed E-state index contributed by atoms with van der Waals surface area (Å²) < 4.78 is 25.9. The monoisotopic (exact) mass is 271 g/mol. The normalized spacial score (nSPS) is 26.8. The molecule has 2 rings (SSSR count). The van der Waals surface area contributed by atoms with E-state index < -0.39 is 16.1 Å². The third kappa shape index (κ3) is 2.69. The Balaban J connectivity index is 2.25. The fourth-order valence-electron chi connectivity index (χ4n) is 1.98. The van der Waals surface area contributed by atoms with E-state index in [4.69, 9.17) is 5.73 Å². The van der Waals surface area contributed by atoms with Gasteiger partial charge in [-0.15, -0.1) is 0 Å². The number of hydrogen-bond donors (Lipinski definition) is 2. The largest absolute Gasteiger partial charge is 0.390 e. The van der Waals surface area contributed by atoms with Crippen LogP contribution < -0.4 is 5.73 Å². The number of nitrogens with two attached hydrogens (primary N) is 1. The number of hydrogen-bond acceptors (Lipinski definition) is 5.